The number of benzene rings is 3. The zero-order valence-electron chi connectivity index (χ0n) is 20.4. The maximum Gasteiger partial charge on any atom is 0.335 e. The van der Waals surface area contributed by atoms with E-state index in [1.165, 1.54) is 18.2 Å². The lowest BCUT2D eigenvalue weighted by atomic mass is 10.00. The van der Waals surface area contributed by atoms with Crippen LogP contribution < -0.4 is 11.1 Å². The molecule has 5 N–H and O–H groups in total. The van der Waals surface area contributed by atoms with Gasteiger partial charge in [-0.05, 0) is 60.0 Å². The quantitative estimate of drug-likeness (QED) is 0.370. The molecule has 1 aliphatic heterocycles. The van der Waals surface area contributed by atoms with Crippen molar-refractivity contribution in [2.75, 3.05) is 19.8 Å². The van der Waals surface area contributed by atoms with Gasteiger partial charge in [0.15, 0.2) is 0 Å². The number of rotatable bonds is 8. The number of aromatic carboxylic acids is 1. The molecule has 1 aliphatic rings. The molecule has 9 heteroatoms. The van der Waals surface area contributed by atoms with Crippen molar-refractivity contribution in [1.29, 1.82) is 0 Å². The van der Waals surface area contributed by atoms with Gasteiger partial charge in [-0.25, -0.2) is 4.79 Å². The summed E-state index contributed by atoms with van der Waals surface area (Å²) >= 11 is 0. The molecular weight excluding hydrogens is 474 g/mol. The van der Waals surface area contributed by atoms with Gasteiger partial charge >= 0.3 is 5.97 Å². The number of nitrogens with one attached hydrogen (secondary N) is 1. The normalized spacial score (nSPS) is 16.6. The van der Waals surface area contributed by atoms with Crippen molar-refractivity contribution in [3.63, 3.8) is 0 Å². The van der Waals surface area contributed by atoms with E-state index in [1.54, 1.807) is 24.3 Å². The fraction of sp³-hybridized carbons (Fsp3) is 0.250. The number of primary amides is 1. The van der Waals surface area contributed by atoms with Crippen molar-refractivity contribution in [3.8, 4) is 16.9 Å². The second-order valence-electron chi connectivity index (χ2n) is 9.02. The molecule has 2 amide bonds. The standard InChI is InChI=1S/C28H29N3O6/c1-17(19-5-7-20(8-6-19)28(35)36)30-27(34)24-16-37-12-11-31(24)15-18-3-2-4-21(13-18)23-10-9-22(26(29)33)14-25(23)32/h2-10,13-14,17,24,32H,11-12,15-16H2,1H3,(H2,29,33)(H,30,34)(H,35,36)/t17-,24+/m0/s1. The molecule has 1 fully saturated rings. The van der Waals surface area contributed by atoms with Crippen LogP contribution in [0, 0.1) is 0 Å². The van der Waals surface area contributed by atoms with E-state index in [0.29, 0.717) is 25.3 Å². The van der Waals surface area contributed by atoms with Crippen molar-refractivity contribution in [2.45, 2.75) is 25.6 Å². The van der Waals surface area contributed by atoms with Gasteiger partial charge in [0, 0.05) is 24.2 Å². The fourth-order valence-corrected chi connectivity index (χ4v) is 4.38. The highest BCUT2D eigenvalue weighted by Gasteiger charge is 2.30. The van der Waals surface area contributed by atoms with Gasteiger partial charge in [0.2, 0.25) is 11.8 Å². The minimum atomic E-state index is -1.000. The summed E-state index contributed by atoms with van der Waals surface area (Å²) in [6, 6.07) is 17.8. The highest BCUT2D eigenvalue weighted by molar-refractivity contribution is 5.94. The van der Waals surface area contributed by atoms with Gasteiger partial charge < -0.3 is 26.0 Å². The van der Waals surface area contributed by atoms with E-state index < -0.39 is 17.9 Å². The molecule has 3 aromatic carbocycles. The molecule has 0 radical (unpaired) electrons. The number of carboxylic acid groups (broad SMARTS) is 1. The van der Waals surface area contributed by atoms with Crippen LogP contribution in [0.2, 0.25) is 0 Å². The van der Waals surface area contributed by atoms with Gasteiger partial charge in [0.25, 0.3) is 0 Å². The van der Waals surface area contributed by atoms with Gasteiger partial charge in [-0.2, -0.15) is 0 Å². The summed E-state index contributed by atoms with van der Waals surface area (Å²) in [4.78, 5) is 37.7. The Bertz CT molecular complexity index is 1310. The summed E-state index contributed by atoms with van der Waals surface area (Å²) in [6.45, 7) is 3.68. The monoisotopic (exact) mass is 503 g/mol. The Kier molecular flexibility index (Phi) is 7.86. The molecule has 0 bridgehead atoms. The first-order valence-corrected chi connectivity index (χ1v) is 11.9. The number of ether oxygens (including phenoxy) is 1. The lowest BCUT2D eigenvalue weighted by Gasteiger charge is -2.35. The van der Waals surface area contributed by atoms with Gasteiger partial charge in [-0.1, -0.05) is 30.3 Å². The first kappa shape index (κ1) is 25.9. The predicted octanol–water partition coefficient (Wildman–Crippen LogP) is 2.93. The van der Waals surface area contributed by atoms with E-state index >= 15 is 0 Å². The first-order chi connectivity index (χ1) is 17.7. The fourth-order valence-electron chi connectivity index (χ4n) is 4.38. The zero-order chi connectivity index (χ0) is 26.5. The minimum absolute atomic E-state index is 0.0394. The third-order valence-electron chi connectivity index (χ3n) is 6.46. The number of hydrogen-bond acceptors (Lipinski definition) is 6. The van der Waals surface area contributed by atoms with Gasteiger partial charge in [-0.3, -0.25) is 14.5 Å². The number of nitrogens with zero attached hydrogens (tertiary/aromatic N) is 1. The molecule has 9 nitrogen and oxygen atoms in total. The van der Waals surface area contributed by atoms with Crippen LogP contribution in [0.15, 0.2) is 66.7 Å². The average Bonchev–Trinajstić information content (AvgIpc) is 2.89. The lowest BCUT2D eigenvalue weighted by Crippen LogP contribution is -2.53. The largest absolute Gasteiger partial charge is 0.507 e. The summed E-state index contributed by atoms with van der Waals surface area (Å²) < 4.78 is 5.60. The maximum atomic E-state index is 13.2. The number of phenols is 1. The number of hydrogen-bond donors (Lipinski definition) is 4. The van der Waals surface area contributed by atoms with Crippen LogP contribution >= 0.6 is 0 Å². The highest BCUT2D eigenvalue weighted by atomic mass is 16.5. The number of carbonyl (C=O) groups is 3. The zero-order valence-corrected chi connectivity index (χ0v) is 20.4. The first-order valence-electron chi connectivity index (χ1n) is 11.9. The Morgan fingerprint density at radius 3 is 2.49 bits per heavy atom. The molecule has 0 unspecified atom stereocenters. The van der Waals surface area contributed by atoms with Gasteiger partial charge in [0.05, 0.1) is 24.8 Å². The molecule has 0 aromatic heterocycles. The van der Waals surface area contributed by atoms with Gasteiger partial charge in [0.1, 0.15) is 11.8 Å². The summed E-state index contributed by atoms with van der Waals surface area (Å²) in [7, 11) is 0. The van der Waals surface area contributed by atoms with Crippen LogP contribution in [0.3, 0.4) is 0 Å². The van der Waals surface area contributed by atoms with Crippen LogP contribution in [0.1, 0.15) is 44.8 Å². The molecule has 37 heavy (non-hydrogen) atoms. The minimum Gasteiger partial charge on any atom is -0.507 e. The lowest BCUT2D eigenvalue weighted by molar-refractivity contribution is -0.133. The van der Waals surface area contributed by atoms with Crippen molar-refractivity contribution < 1.29 is 29.3 Å². The Morgan fingerprint density at radius 1 is 1.08 bits per heavy atom. The summed E-state index contributed by atoms with van der Waals surface area (Å²) in [5.74, 6) is -1.83. The topological polar surface area (TPSA) is 142 Å². The highest BCUT2D eigenvalue weighted by Crippen LogP contribution is 2.31. The number of aromatic hydroxyl groups is 1. The molecule has 2 atom stereocenters. The smallest absolute Gasteiger partial charge is 0.335 e. The second kappa shape index (κ2) is 11.2. The molecular formula is C28H29N3O6. The van der Waals surface area contributed by atoms with E-state index in [0.717, 1.165) is 16.7 Å². The van der Waals surface area contributed by atoms with E-state index in [4.69, 9.17) is 15.6 Å². The van der Waals surface area contributed by atoms with Crippen molar-refractivity contribution in [3.05, 3.63) is 89.0 Å². The Balaban J connectivity index is 1.46. The number of carbonyl (C=O) groups excluding carboxylic acids is 2. The number of nitrogens with two attached hydrogens (primary N) is 1. The van der Waals surface area contributed by atoms with E-state index in [2.05, 4.69) is 5.32 Å². The van der Waals surface area contributed by atoms with Gasteiger partial charge in [-0.15, -0.1) is 0 Å². The van der Waals surface area contributed by atoms with Crippen molar-refractivity contribution in [2.24, 2.45) is 5.73 Å². The SMILES string of the molecule is C[C@H](NC(=O)[C@H]1COCCN1Cc1cccc(-c2ccc(C(N)=O)cc2O)c1)c1ccc(C(=O)O)cc1. The van der Waals surface area contributed by atoms with Crippen LogP contribution in [0.5, 0.6) is 5.75 Å². The second-order valence-corrected chi connectivity index (χ2v) is 9.02. The number of amides is 2. The average molecular weight is 504 g/mol. The summed E-state index contributed by atoms with van der Waals surface area (Å²) in [6.07, 6.45) is 0. The Labute approximate surface area is 214 Å². The summed E-state index contributed by atoms with van der Waals surface area (Å²) in [5.41, 5.74) is 8.82. The molecule has 0 spiro atoms. The van der Waals surface area contributed by atoms with Crippen molar-refractivity contribution >= 4 is 17.8 Å². The van der Waals surface area contributed by atoms with Crippen LogP contribution in [0.25, 0.3) is 11.1 Å². The molecule has 4 rings (SSSR count). The Morgan fingerprint density at radius 2 is 1.81 bits per heavy atom. The third kappa shape index (κ3) is 6.14. The van der Waals surface area contributed by atoms with E-state index in [-0.39, 0.29) is 35.4 Å². The maximum absolute atomic E-state index is 13.2. The van der Waals surface area contributed by atoms with Crippen LogP contribution in [-0.4, -0.2) is 58.7 Å². The molecule has 3 aromatic rings. The number of carboxylic acids is 1. The number of morpholine rings is 1. The molecule has 0 aliphatic carbocycles. The molecule has 192 valence electrons. The van der Waals surface area contributed by atoms with Crippen molar-refractivity contribution in [1.82, 2.24) is 10.2 Å². The molecule has 0 saturated carbocycles. The van der Waals surface area contributed by atoms with Crippen LogP contribution in [-0.2, 0) is 16.1 Å². The van der Waals surface area contributed by atoms with E-state index in [1.807, 2.05) is 36.1 Å². The predicted molar refractivity (Wildman–Crippen MR) is 137 cm³/mol. The Hall–Kier alpha value is -4.21. The van der Waals surface area contributed by atoms with E-state index in [9.17, 15) is 19.5 Å². The summed E-state index contributed by atoms with van der Waals surface area (Å²) in [5, 5.41) is 22.5. The molecule has 1 saturated heterocycles. The molecule has 1 heterocycles. The van der Waals surface area contributed by atoms with Crippen LogP contribution in [0.4, 0.5) is 0 Å². The third-order valence-corrected chi connectivity index (χ3v) is 6.46. The number of phenolic OH excluding ortho intramolecular Hbond substituents is 1.